The van der Waals surface area contributed by atoms with Gasteiger partial charge in [0.25, 0.3) is 5.91 Å². The van der Waals surface area contributed by atoms with E-state index in [-0.39, 0.29) is 28.9 Å². The minimum absolute atomic E-state index is 0.0437. The first kappa shape index (κ1) is 19.1. The summed E-state index contributed by atoms with van der Waals surface area (Å²) in [5, 5.41) is 2.69. The van der Waals surface area contributed by atoms with Gasteiger partial charge in [-0.2, -0.15) is 0 Å². The van der Waals surface area contributed by atoms with Gasteiger partial charge in [-0.25, -0.2) is 17.5 Å². The van der Waals surface area contributed by atoms with Crippen LogP contribution in [0.2, 0.25) is 0 Å². The number of carbonyl (C=O) groups excluding carboxylic acids is 1. The summed E-state index contributed by atoms with van der Waals surface area (Å²) in [5.74, 6) is -0.744. The van der Waals surface area contributed by atoms with Crippen LogP contribution in [0.1, 0.15) is 36.2 Å². The zero-order valence-corrected chi connectivity index (χ0v) is 14.9. The third-order valence-electron chi connectivity index (χ3n) is 3.74. The van der Waals surface area contributed by atoms with Crippen LogP contribution in [0, 0.1) is 5.82 Å². The number of carbonyl (C=O) groups is 1. The lowest BCUT2D eigenvalue weighted by Gasteiger charge is -2.13. The number of amides is 1. The molecule has 1 unspecified atom stereocenters. The van der Waals surface area contributed by atoms with E-state index in [1.165, 1.54) is 30.3 Å². The van der Waals surface area contributed by atoms with Crippen LogP contribution in [0.15, 0.2) is 53.4 Å². The molecule has 0 bridgehead atoms. The monoisotopic (exact) mass is 364 g/mol. The lowest BCUT2D eigenvalue weighted by Crippen LogP contribution is -2.32. The molecule has 0 aliphatic rings. The normalized spacial score (nSPS) is 12.6. The lowest BCUT2D eigenvalue weighted by atomic mass is 10.2. The Balaban J connectivity index is 2.09. The highest BCUT2D eigenvalue weighted by Crippen LogP contribution is 2.13. The van der Waals surface area contributed by atoms with Gasteiger partial charge in [0.05, 0.1) is 4.90 Å². The molecule has 2 aromatic rings. The van der Waals surface area contributed by atoms with Gasteiger partial charge in [0, 0.05) is 18.2 Å². The molecule has 0 aromatic heterocycles. The van der Waals surface area contributed by atoms with Crippen LogP contribution < -0.4 is 10.0 Å². The minimum Gasteiger partial charge on any atom is -0.348 e. The van der Waals surface area contributed by atoms with Crippen molar-refractivity contribution in [3.63, 3.8) is 0 Å². The van der Waals surface area contributed by atoms with Crippen molar-refractivity contribution in [1.29, 1.82) is 0 Å². The molecule has 1 amide bonds. The molecule has 25 heavy (non-hydrogen) atoms. The molecule has 0 saturated heterocycles. The van der Waals surface area contributed by atoms with E-state index >= 15 is 0 Å². The third-order valence-corrected chi connectivity index (χ3v) is 5.33. The molecule has 134 valence electrons. The number of hydrogen-bond donors (Lipinski definition) is 2. The molecule has 0 heterocycles. The highest BCUT2D eigenvalue weighted by Gasteiger charge is 2.18. The topological polar surface area (TPSA) is 75.3 Å². The Morgan fingerprint density at radius 1 is 1.16 bits per heavy atom. The van der Waals surface area contributed by atoms with Gasteiger partial charge < -0.3 is 5.32 Å². The summed E-state index contributed by atoms with van der Waals surface area (Å²) in [6.07, 6.45) is 0.664. The summed E-state index contributed by atoms with van der Waals surface area (Å²) in [5.41, 5.74) is 0.992. The van der Waals surface area contributed by atoms with E-state index in [4.69, 9.17) is 0 Å². The van der Waals surface area contributed by atoms with E-state index in [1.54, 1.807) is 25.1 Å². The van der Waals surface area contributed by atoms with Gasteiger partial charge in [-0.05, 0) is 49.2 Å². The Labute approximate surface area is 147 Å². The molecule has 7 heteroatoms. The fourth-order valence-corrected chi connectivity index (χ4v) is 3.48. The first-order valence-electron chi connectivity index (χ1n) is 7.97. The highest BCUT2D eigenvalue weighted by atomic mass is 32.2. The van der Waals surface area contributed by atoms with E-state index in [0.29, 0.717) is 6.42 Å². The van der Waals surface area contributed by atoms with Crippen molar-refractivity contribution in [1.82, 2.24) is 10.0 Å². The van der Waals surface area contributed by atoms with Crippen LogP contribution >= 0.6 is 0 Å². The van der Waals surface area contributed by atoms with Gasteiger partial charge in [-0.15, -0.1) is 0 Å². The Bertz CT molecular complexity index is 836. The molecule has 2 rings (SSSR count). The quantitative estimate of drug-likeness (QED) is 0.793. The van der Waals surface area contributed by atoms with E-state index in [2.05, 4.69) is 10.0 Å². The van der Waals surface area contributed by atoms with Crippen LogP contribution in [0.5, 0.6) is 0 Å². The van der Waals surface area contributed by atoms with Crippen LogP contribution in [-0.2, 0) is 16.6 Å². The van der Waals surface area contributed by atoms with Gasteiger partial charge in [0.1, 0.15) is 5.82 Å². The second-order valence-electron chi connectivity index (χ2n) is 5.77. The van der Waals surface area contributed by atoms with Crippen LogP contribution in [0.25, 0.3) is 0 Å². The molecule has 2 aromatic carbocycles. The molecule has 0 fully saturated rings. The standard InChI is InChI=1S/C18H21FN2O3S/c1-3-13(2)21-25(23,24)17-6-4-5-15(11-17)18(22)20-12-14-7-9-16(19)10-8-14/h4-11,13,21H,3,12H2,1-2H3,(H,20,22). The summed E-state index contributed by atoms with van der Waals surface area (Å²) in [6, 6.07) is 11.4. The molecule has 0 aliphatic carbocycles. The van der Waals surface area contributed by atoms with Crippen LogP contribution in [-0.4, -0.2) is 20.4 Å². The predicted molar refractivity (Wildman–Crippen MR) is 94.1 cm³/mol. The van der Waals surface area contributed by atoms with E-state index in [0.717, 1.165) is 5.56 Å². The van der Waals surface area contributed by atoms with Gasteiger partial charge in [-0.1, -0.05) is 25.1 Å². The Morgan fingerprint density at radius 2 is 1.84 bits per heavy atom. The summed E-state index contributed by atoms with van der Waals surface area (Å²) in [7, 11) is -3.67. The van der Waals surface area contributed by atoms with Crippen molar-refractivity contribution in [2.75, 3.05) is 0 Å². The van der Waals surface area contributed by atoms with Crippen molar-refractivity contribution in [3.8, 4) is 0 Å². The average molecular weight is 364 g/mol. The zero-order valence-electron chi connectivity index (χ0n) is 14.1. The predicted octanol–water partition coefficient (Wildman–Crippen LogP) is 2.83. The molecule has 0 saturated carbocycles. The molecule has 0 radical (unpaired) electrons. The molecule has 5 nitrogen and oxygen atoms in total. The molecule has 0 aliphatic heterocycles. The molecule has 1 atom stereocenters. The van der Waals surface area contributed by atoms with Gasteiger partial charge in [0.15, 0.2) is 0 Å². The fourth-order valence-electron chi connectivity index (χ4n) is 2.11. The summed E-state index contributed by atoms with van der Waals surface area (Å²) >= 11 is 0. The smallest absolute Gasteiger partial charge is 0.251 e. The summed E-state index contributed by atoms with van der Waals surface area (Å²) in [6.45, 7) is 3.88. The maximum atomic E-state index is 12.9. The highest BCUT2D eigenvalue weighted by molar-refractivity contribution is 7.89. The van der Waals surface area contributed by atoms with Crippen LogP contribution in [0.3, 0.4) is 0 Å². The number of rotatable bonds is 7. The van der Waals surface area contributed by atoms with Crippen molar-refractivity contribution in [3.05, 3.63) is 65.5 Å². The van der Waals surface area contributed by atoms with Crippen molar-refractivity contribution in [2.24, 2.45) is 0 Å². The Morgan fingerprint density at radius 3 is 2.48 bits per heavy atom. The first-order chi connectivity index (χ1) is 11.8. The molecule has 2 N–H and O–H groups in total. The van der Waals surface area contributed by atoms with Crippen molar-refractivity contribution < 1.29 is 17.6 Å². The van der Waals surface area contributed by atoms with Gasteiger partial charge in [0.2, 0.25) is 10.0 Å². The Hall–Kier alpha value is -2.25. The SMILES string of the molecule is CCC(C)NS(=O)(=O)c1cccc(C(=O)NCc2ccc(F)cc2)c1. The second-order valence-corrected chi connectivity index (χ2v) is 7.48. The number of nitrogens with one attached hydrogen (secondary N) is 2. The maximum Gasteiger partial charge on any atom is 0.251 e. The minimum atomic E-state index is -3.67. The zero-order chi connectivity index (χ0) is 18.4. The summed E-state index contributed by atoms with van der Waals surface area (Å²) in [4.78, 5) is 12.3. The first-order valence-corrected chi connectivity index (χ1v) is 9.45. The lowest BCUT2D eigenvalue weighted by molar-refractivity contribution is 0.0950. The fraction of sp³-hybridized carbons (Fsp3) is 0.278. The molecule has 0 spiro atoms. The van der Waals surface area contributed by atoms with Crippen molar-refractivity contribution >= 4 is 15.9 Å². The van der Waals surface area contributed by atoms with E-state index in [1.807, 2.05) is 6.92 Å². The number of sulfonamides is 1. The van der Waals surface area contributed by atoms with E-state index < -0.39 is 15.9 Å². The van der Waals surface area contributed by atoms with E-state index in [9.17, 15) is 17.6 Å². The second kappa shape index (κ2) is 8.22. The summed E-state index contributed by atoms with van der Waals surface area (Å²) < 4.78 is 40.0. The Kier molecular flexibility index (Phi) is 6.27. The van der Waals surface area contributed by atoms with Crippen LogP contribution in [0.4, 0.5) is 4.39 Å². The van der Waals surface area contributed by atoms with Gasteiger partial charge in [-0.3, -0.25) is 4.79 Å². The molecular weight excluding hydrogens is 343 g/mol. The van der Waals surface area contributed by atoms with Crippen molar-refractivity contribution in [2.45, 2.75) is 37.8 Å². The third kappa shape index (κ3) is 5.37. The number of benzene rings is 2. The maximum absolute atomic E-state index is 12.9. The number of halogens is 1. The number of hydrogen-bond acceptors (Lipinski definition) is 3. The van der Waals surface area contributed by atoms with Gasteiger partial charge >= 0.3 is 0 Å². The average Bonchev–Trinajstić information content (AvgIpc) is 2.60. The molecular formula is C18H21FN2O3S. The largest absolute Gasteiger partial charge is 0.348 e.